The highest BCUT2D eigenvalue weighted by atomic mass is 16.5. The molecule has 1 aliphatic rings. The summed E-state index contributed by atoms with van der Waals surface area (Å²) in [7, 11) is 0. The topological polar surface area (TPSA) is 41.6 Å². The van der Waals surface area contributed by atoms with E-state index in [4.69, 9.17) is 4.74 Å². The van der Waals surface area contributed by atoms with Crippen LogP contribution in [0.15, 0.2) is 24.3 Å². The minimum atomic E-state index is 0.132. The summed E-state index contributed by atoms with van der Waals surface area (Å²) >= 11 is 0. The van der Waals surface area contributed by atoms with Crippen molar-refractivity contribution in [1.82, 2.24) is 4.90 Å². The molecule has 1 aromatic carbocycles. The van der Waals surface area contributed by atoms with Gasteiger partial charge in [0.2, 0.25) is 5.91 Å². The van der Waals surface area contributed by atoms with Crippen molar-refractivity contribution in [3.8, 4) is 0 Å². The highest BCUT2D eigenvalue weighted by Gasteiger charge is 2.25. The summed E-state index contributed by atoms with van der Waals surface area (Å²) < 4.78 is 5.65. The van der Waals surface area contributed by atoms with E-state index in [1.54, 1.807) is 0 Å². The van der Waals surface area contributed by atoms with Crippen molar-refractivity contribution in [2.45, 2.75) is 39.4 Å². The van der Waals surface area contributed by atoms with Crippen LogP contribution >= 0.6 is 0 Å². The molecule has 1 aliphatic heterocycles. The van der Waals surface area contributed by atoms with E-state index in [0.29, 0.717) is 26.1 Å². The van der Waals surface area contributed by atoms with E-state index in [1.807, 2.05) is 36.9 Å². The number of carbonyl (C=O) groups is 1. The quantitative estimate of drug-likeness (QED) is 0.918. The largest absolute Gasteiger partial charge is 0.384 e. The summed E-state index contributed by atoms with van der Waals surface area (Å²) in [5, 5.41) is 3.33. The first-order valence-corrected chi connectivity index (χ1v) is 7.29. The van der Waals surface area contributed by atoms with E-state index in [2.05, 4.69) is 18.3 Å². The lowest BCUT2D eigenvalue weighted by atomic mass is 10.2. The zero-order valence-electron chi connectivity index (χ0n) is 12.6. The highest BCUT2D eigenvalue weighted by molar-refractivity contribution is 5.77. The molecule has 0 saturated carbocycles. The fourth-order valence-electron chi connectivity index (χ4n) is 2.61. The number of nitrogens with zero attached hydrogens (tertiary/aromatic N) is 1. The lowest BCUT2D eigenvalue weighted by Crippen LogP contribution is -2.48. The number of carbonyl (C=O) groups excluding carboxylic acids is 1. The number of para-hydroxylation sites is 1. The lowest BCUT2D eigenvalue weighted by Gasteiger charge is -2.35. The SMILES string of the molecule is Cc1ccccc1NCCC(=O)N1C[C@@H](C)O[C@H](C)C1. The lowest BCUT2D eigenvalue weighted by molar-refractivity contribution is -0.142. The van der Waals surface area contributed by atoms with Crippen LogP contribution in [0.1, 0.15) is 25.8 Å². The zero-order chi connectivity index (χ0) is 14.5. The number of anilines is 1. The molecule has 0 spiro atoms. The van der Waals surface area contributed by atoms with E-state index in [0.717, 1.165) is 5.69 Å². The van der Waals surface area contributed by atoms with Crippen LogP contribution in [-0.4, -0.2) is 42.6 Å². The van der Waals surface area contributed by atoms with Crippen LogP contribution < -0.4 is 5.32 Å². The molecule has 4 nitrogen and oxygen atoms in total. The molecule has 4 heteroatoms. The summed E-state index contributed by atoms with van der Waals surface area (Å²) in [5.74, 6) is 0.202. The molecule has 1 heterocycles. The summed E-state index contributed by atoms with van der Waals surface area (Å²) in [5.41, 5.74) is 2.30. The molecule has 1 saturated heterocycles. The Morgan fingerprint density at radius 3 is 2.60 bits per heavy atom. The summed E-state index contributed by atoms with van der Waals surface area (Å²) in [6.07, 6.45) is 0.785. The predicted octanol–water partition coefficient (Wildman–Crippen LogP) is 2.43. The smallest absolute Gasteiger partial charge is 0.224 e. The molecule has 0 unspecified atom stereocenters. The number of hydrogen-bond donors (Lipinski definition) is 1. The second kappa shape index (κ2) is 6.75. The molecule has 0 aromatic heterocycles. The Bertz CT molecular complexity index is 452. The first kappa shape index (κ1) is 14.9. The van der Waals surface area contributed by atoms with Gasteiger partial charge in [-0.2, -0.15) is 0 Å². The van der Waals surface area contributed by atoms with E-state index < -0.39 is 0 Å². The maximum atomic E-state index is 12.2. The maximum Gasteiger partial charge on any atom is 0.224 e. The fraction of sp³-hybridized carbons (Fsp3) is 0.562. The number of ether oxygens (including phenoxy) is 1. The molecule has 1 N–H and O–H groups in total. The van der Waals surface area contributed by atoms with Gasteiger partial charge in [0.1, 0.15) is 0 Å². The van der Waals surface area contributed by atoms with Crippen LogP contribution in [0.4, 0.5) is 5.69 Å². The number of hydrogen-bond acceptors (Lipinski definition) is 3. The van der Waals surface area contributed by atoms with Crippen molar-refractivity contribution >= 4 is 11.6 Å². The van der Waals surface area contributed by atoms with Crippen LogP contribution in [0, 0.1) is 6.92 Å². The van der Waals surface area contributed by atoms with Gasteiger partial charge in [0.25, 0.3) is 0 Å². The van der Waals surface area contributed by atoms with Gasteiger partial charge >= 0.3 is 0 Å². The van der Waals surface area contributed by atoms with Crippen molar-refractivity contribution in [2.75, 3.05) is 25.0 Å². The van der Waals surface area contributed by atoms with Crippen LogP contribution in [0.2, 0.25) is 0 Å². The third kappa shape index (κ3) is 3.97. The van der Waals surface area contributed by atoms with E-state index >= 15 is 0 Å². The Labute approximate surface area is 121 Å². The Kier molecular flexibility index (Phi) is 5.01. The second-order valence-electron chi connectivity index (χ2n) is 5.55. The Balaban J connectivity index is 1.79. The third-order valence-corrected chi connectivity index (χ3v) is 3.57. The van der Waals surface area contributed by atoms with E-state index in [-0.39, 0.29) is 18.1 Å². The monoisotopic (exact) mass is 276 g/mol. The van der Waals surface area contributed by atoms with Crippen molar-refractivity contribution < 1.29 is 9.53 Å². The molecule has 1 aromatic rings. The van der Waals surface area contributed by atoms with Gasteiger partial charge in [-0.3, -0.25) is 4.79 Å². The molecule has 1 amide bonds. The number of nitrogens with one attached hydrogen (secondary N) is 1. The van der Waals surface area contributed by atoms with Gasteiger partial charge in [-0.15, -0.1) is 0 Å². The average molecular weight is 276 g/mol. The number of amides is 1. The van der Waals surface area contributed by atoms with Gasteiger partial charge in [-0.1, -0.05) is 18.2 Å². The fourth-order valence-corrected chi connectivity index (χ4v) is 2.61. The average Bonchev–Trinajstić information content (AvgIpc) is 2.39. The summed E-state index contributed by atoms with van der Waals surface area (Å²) in [4.78, 5) is 14.1. The first-order valence-electron chi connectivity index (χ1n) is 7.29. The van der Waals surface area contributed by atoms with Gasteiger partial charge in [-0.25, -0.2) is 0 Å². The standard InChI is InChI=1S/C16H24N2O2/c1-12-6-4-5-7-15(12)17-9-8-16(19)18-10-13(2)20-14(3)11-18/h4-7,13-14,17H,8-11H2,1-3H3/t13-,14-/m1/s1. The molecule has 110 valence electrons. The van der Waals surface area contributed by atoms with Crippen LogP contribution in [0.25, 0.3) is 0 Å². The molecule has 1 fully saturated rings. The van der Waals surface area contributed by atoms with E-state index in [1.165, 1.54) is 5.56 Å². The molecule has 2 atom stereocenters. The molecule has 0 aliphatic carbocycles. The Hall–Kier alpha value is -1.55. The number of benzene rings is 1. The summed E-state index contributed by atoms with van der Waals surface area (Å²) in [6, 6.07) is 8.12. The van der Waals surface area contributed by atoms with Gasteiger partial charge in [-0.05, 0) is 32.4 Å². The van der Waals surface area contributed by atoms with E-state index in [9.17, 15) is 4.79 Å². The second-order valence-corrected chi connectivity index (χ2v) is 5.55. The minimum absolute atomic E-state index is 0.132. The number of rotatable bonds is 4. The van der Waals surface area contributed by atoms with Crippen molar-refractivity contribution in [2.24, 2.45) is 0 Å². The normalized spacial score (nSPS) is 22.6. The molecule has 20 heavy (non-hydrogen) atoms. The van der Waals surface area contributed by atoms with Crippen LogP contribution in [0.5, 0.6) is 0 Å². The van der Waals surface area contributed by atoms with Crippen LogP contribution in [0.3, 0.4) is 0 Å². The summed E-state index contributed by atoms with van der Waals surface area (Å²) in [6.45, 7) is 8.17. The van der Waals surface area contributed by atoms with Crippen molar-refractivity contribution in [3.63, 3.8) is 0 Å². The predicted molar refractivity (Wildman–Crippen MR) is 80.9 cm³/mol. The molecule has 0 bridgehead atoms. The van der Waals surface area contributed by atoms with Gasteiger partial charge < -0.3 is 15.0 Å². The highest BCUT2D eigenvalue weighted by Crippen LogP contribution is 2.14. The zero-order valence-corrected chi connectivity index (χ0v) is 12.6. The van der Waals surface area contributed by atoms with Gasteiger partial charge in [0.15, 0.2) is 0 Å². The molecule has 2 rings (SSSR count). The van der Waals surface area contributed by atoms with Gasteiger partial charge in [0.05, 0.1) is 12.2 Å². The van der Waals surface area contributed by atoms with Crippen molar-refractivity contribution in [3.05, 3.63) is 29.8 Å². The Morgan fingerprint density at radius 1 is 1.30 bits per heavy atom. The maximum absolute atomic E-state index is 12.2. The molecule has 0 radical (unpaired) electrons. The van der Waals surface area contributed by atoms with Crippen molar-refractivity contribution in [1.29, 1.82) is 0 Å². The first-order chi connectivity index (χ1) is 9.56. The minimum Gasteiger partial charge on any atom is -0.384 e. The Morgan fingerprint density at radius 2 is 1.95 bits per heavy atom. The number of morpholine rings is 1. The van der Waals surface area contributed by atoms with Gasteiger partial charge in [0, 0.05) is 31.7 Å². The van der Waals surface area contributed by atoms with Crippen LogP contribution in [-0.2, 0) is 9.53 Å². The number of aryl methyl sites for hydroxylation is 1. The molecular formula is C16H24N2O2. The molecular weight excluding hydrogens is 252 g/mol. The third-order valence-electron chi connectivity index (χ3n) is 3.57.